The number of piperazine rings is 1. The minimum Gasteiger partial charge on any atom is -0.353 e. The first-order valence-electron chi connectivity index (χ1n) is 11.2. The summed E-state index contributed by atoms with van der Waals surface area (Å²) in [6.45, 7) is 6.44. The summed E-state index contributed by atoms with van der Waals surface area (Å²) in [7, 11) is 0. The normalized spacial score (nSPS) is 14.5. The van der Waals surface area contributed by atoms with Gasteiger partial charge in [0, 0.05) is 49.5 Å². The number of anilines is 3. The highest BCUT2D eigenvalue weighted by Gasteiger charge is 2.30. The molecule has 12 heteroatoms. The maximum Gasteiger partial charge on any atom is 0.416 e. The number of halogens is 3. The van der Waals surface area contributed by atoms with E-state index < -0.39 is 11.7 Å². The first kappa shape index (κ1) is 25.3. The predicted octanol–water partition coefficient (Wildman–Crippen LogP) is 4.49. The van der Waals surface area contributed by atoms with Gasteiger partial charge in [-0.15, -0.1) is 0 Å². The van der Waals surface area contributed by atoms with Gasteiger partial charge in [-0.05, 0) is 68.5 Å². The van der Waals surface area contributed by atoms with Crippen molar-refractivity contribution in [3.05, 3.63) is 71.7 Å². The molecule has 0 amide bonds. The number of aliphatic imine (C=N–C) groups is 1. The molecule has 36 heavy (non-hydrogen) atoms. The molecule has 0 saturated carbocycles. The molecule has 4 rings (SSSR count). The molecule has 1 aliphatic rings. The molecule has 0 radical (unpaired) electrons. The van der Waals surface area contributed by atoms with Gasteiger partial charge in [0.05, 0.1) is 5.56 Å². The molecule has 188 valence electrons. The zero-order valence-corrected chi connectivity index (χ0v) is 20.6. The second-order valence-corrected chi connectivity index (χ2v) is 8.59. The van der Waals surface area contributed by atoms with Crippen molar-refractivity contribution in [2.24, 2.45) is 4.99 Å². The summed E-state index contributed by atoms with van der Waals surface area (Å²) >= 11 is 5.41. The summed E-state index contributed by atoms with van der Waals surface area (Å²) < 4.78 is 38.6. The fraction of sp³-hybridized carbons (Fsp3) is 0.292. The topological polar surface area (TPSA) is 81.6 Å². The highest BCUT2D eigenvalue weighted by Crippen LogP contribution is 2.29. The van der Waals surface area contributed by atoms with Crippen LogP contribution >= 0.6 is 12.2 Å². The number of nitrogens with one attached hydrogen (secondary N) is 2. The predicted molar refractivity (Wildman–Crippen MR) is 138 cm³/mol. The van der Waals surface area contributed by atoms with Gasteiger partial charge in [0.15, 0.2) is 0 Å². The van der Waals surface area contributed by atoms with E-state index in [1.165, 1.54) is 12.1 Å². The second kappa shape index (κ2) is 10.9. The maximum absolute atomic E-state index is 12.9. The number of alkyl halides is 3. The first-order valence-corrected chi connectivity index (χ1v) is 11.7. The van der Waals surface area contributed by atoms with Crippen LogP contribution in [-0.4, -0.2) is 57.1 Å². The van der Waals surface area contributed by atoms with Crippen LogP contribution in [0.15, 0.2) is 59.7 Å². The van der Waals surface area contributed by atoms with Crippen molar-refractivity contribution in [3.63, 3.8) is 0 Å². The van der Waals surface area contributed by atoms with Crippen molar-refractivity contribution in [2.75, 3.05) is 41.7 Å². The number of aromatic nitrogens is 3. The third-order valence-electron chi connectivity index (χ3n) is 5.43. The number of pyridine rings is 1. The fourth-order valence-electron chi connectivity index (χ4n) is 3.74. The van der Waals surface area contributed by atoms with Gasteiger partial charge in [-0.25, -0.2) is 15.0 Å². The van der Waals surface area contributed by atoms with Crippen molar-refractivity contribution in [3.8, 4) is 0 Å². The van der Waals surface area contributed by atoms with Crippen molar-refractivity contribution in [2.45, 2.75) is 20.0 Å². The van der Waals surface area contributed by atoms with Gasteiger partial charge in [-0.1, -0.05) is 6.07 Å². The van der Waals surface area contributed by atoms with E-state index in [2.05, 4.69) is 35.5 Å². The first-order chi connectivity index (χ1) is 17.2. The Bertz CT molecular complexity index is 1200. The SMILES string of the molecule is Cc1cc(C)nc(N/C(=N/C(=S)Nc2ccc(C(F)(F)F)cc2)N2CCN(c3ccccn3)CC2)n1. The van der Waals surface area contributed by atoms with E-state index in [-0.39, 0.29) is 5.11 Å². The van der Waals surface area contributed by atoms with Crippen LogP contribution in [0.3, 0.4) is 0 Å². The Morgan fingerprint density at radius 3 is 2.19 bits per heavy atom. The van der Waals surface area contributed by atoms with Crippen molar-refractivity contribution < 1.29 is 13.2 Å². The zero-order chi connectivity index (χ0) is 25.7. The van der Waals surface area contributed by atoms with Crippen LogP contribution in [0.5, 0.6) is 0 Å². The molecule has 0 aliphatic carbocycles. The summed E-state index contributed by atoms with van der Waals surface area (Å²) in [5, 5.41) is 6.15. The Hall–Kier alpha value is -3.80. The Balaban J connectivity index is 1.52. The molecule has 2 aromatic heterocycles. The highest BCUT2D eigenvalue weighted by atomic mass is 32.1. The summed E-state index contributed by atoms with van der Waals surface area (Å²) in [6, 6.07) is 12.3. The molecule has 0 bridgehead atoms. The van der Waals surface area contributed by atoms with E-state index in [9.17, 15) is 13.2 Å². The summed E-state index contributed by atoms with van der Waals surface area (Å²) in [6.07, 6.45) is -2.64. The quantitative estimate of drug-likeness (QED) is 0.301. The lowest BCUT2D eigenvalue weighted by Gasteiger charge is -2.36. The smallest absolute Gasteiger partial charge is 0.353 e. The number of hydrogen-bond acceptors (Lipinski definition) is 5. The highest BCUT2D eigenvalue weighted by molar-refractivity contribution is 7.80. The number of aryl methyl sites for hydroxylation is 2. The van der Waals surface area contributed by atoms with Gasteiger partial charge in [-0.2, -0.15) is 18.2 Å². The fourth-order valence-corrected chi connectivity index (χ4v) is 3.94. The lowest BCUT2D eigenvalue weighted by atomic mass is 10.2. The minimum absolute atomic E-state index is 0.0915. The molecule has 3 aromatic rings. The molecule has 1 saturated heterocycles. The lowest BCUT2D eigenvalue weighted by molar-refractivity contribution is -0.137. The van der Waals surface area contributed by atoms with E-state index in [0.29, 0.717) is 43.8 Å². The average molecular weight is 515 g/mol. The van der Waals surface area contributed by atoms with Crippen LogP contribution in [0.4, 0.5) is 30.6 Å². The number of guanidine groups is 1. The van der Waals surface area contributed by atoms with Gasteiger partial charge in [-0.3, -0.25) is 5.32 Å². The monoisotopic (exact) mass is 514 g/mol. The van der Waals surface area contributed by atoms with Crippen molar-refractivity contribution in [1.29, 1.82) is 0 Å². The lowest BCUT2D eigenvalue weighted by Crippen LogP contribution is -2.51. The number of nitrogens with zero attached hydrogens (tertiary/aromatic N) is 6. The maximum atomic E-state index is 12.9. The molecule has 1 aliphatic heterocycles. The van der Waals surface area contributed by atoms with Gasteiger partial charge in [0.1, 0.15) is 5.82 Å². The van der Waals surface area contributed by atoms with Gasteiger partial charge >= 0.3 is 6.18 Å². The Labute approximate surface area is 212 Å². The van der Waals surface area contributed by atoms with Crippen LogP contribution in [0, 0.1) is 13.8 Å². The molecule has 2 N–H and O–H groups in total. The standard InChI is InChI=1S/C24H25F3N8S/c1-16-15-17(2)30-21(29-16)32-22(35-13-11-34(12-14-35)20-5-3-4-10-28-20)33-23(36)31-19-8-6-18(7-9-19)24(25,26)27/h3-10,15H,11-14H2,1-2H3,(H2,29,30,31,32,33,36). The molecule has 0 atom stereocenters. The van der Waals surface area contributed by atoms with E-state index >= 15 is 0 Å². The van der Waals surface area contributed by atoms with E-state index in [4.69, 9.17) is 12.2 Å². The van der Waals surface area contributed by atoms with Crippen LogP contribution < -0.4 is 15.5 Å². The molecule has 1 fully saturated rings. The molecular weight excluding hydrogens is 489 g/mol. The number of hydrogen-bond donors (Lipinski definition) is 2. The van der Waals surface area contributed by atoms with E-state index in [0.717, 1.165) is 29.3 Å². The molecule has 1 aromatic carbocycles. The molecule has 0 spiro atoms. The summed E-state index contributed by atoms with van der Waals surface area (Å²) in [5.41, 5.74) is 1.27. The average Bonchev–Trinajstić information content (AvgIpc) is 2.83. The minimum atomic E-state index is -4.41. The van der Waals surface area contributed by atoms with Crippen LogP contribution in [0.1, 0.15) is 17.0 Å². The van der Waals surface area contributed by atoms with Gasteiger partial charge < -0.3 is 15.1 Å². The van der Waals surface area contributed by atoms with Crippen LogP contribution in [-0.2, 0) is 6.18 Å². The largest absolute Gasteiger partial charge is 0.416 e. The second-order valence-electron chi connectivity index (χ2n) is 8.20. The van der Waals surface area contributed by atoms with Gasteiger partial charge in [0.25, 0.3) is 0 Å². The van der Waals surface area contributed by atoms with E-state index in [1.54, 1.807) is 6.20 Å². The van der Waals surface area contributed by atoms with Crippen LogP contribution in [0.25, 0.3) is 0 Å². The van der Waals surface area contributed by atoms with Crippen molar-refractivity contribution in [1.82, 2.24) is 19.9 Å². The molecule has 0 unspecified atom stereocenters. The van der Waals surface area contributed by atoms with Crippen LogP contribution in [0.2, 0.25) is 0 Å². The molecule has 3 heterocycles. The molecule has 8 nitrogen and oxygen atoms in total. The number of benzene rings is 1. The third kappa shape index (κ3) is 6.66. The van der Waals surface area contributed by atoms with Crippen molar-refractivity contribution >= 4 is 40.7 Å². The molecular formula is C24H25F3N8S. The Morgan fingerprint density at radius 1 is 0.944 bits per heavy atom. The van der Waals surface area contributed by atoms with Gasteiger partial charge in [0.2, 0.25) is 17.0 Å². The summed E-state index contributed by atoms with van der Waals surface area (Å²) in [5.74, 6) is 1.74. The van der Waals surface area contributed by atoms with E-state index in [1.807, 2.05) is 43.0 Å². The third-order valence-corrected chi connectivity index (χ3v) is 5.62. The Morgan fingerprint density at radius 2 is 1.61 bits per heavy atom. The Kier molecular flexibility index (Phi) is 7.63. The summed E-state index contributed by atoms with van der Waals surface area (Å²) in [4.78, 5) is 22.0. The number of rotatable bonds is 3. The zero-order valence-electron chi connectivity index (χ0n) is 19.8. The number of thiocarbonyl (C=S) groups is 1.